The van der Waals surface area contributed by atoms with E-state index in [1.807, 2.05) is 12.1 Å². The average molecular weight is 301 g/mol. The molecule has 112 valence electrons. The summed E-state index contributed by atoms with van der Waals surface area (Å²) in [6, 6.07) is 7.16. The van der Waals surface area contributed by atoms with E-state index >= 15 is 0 Å². The van der Waals surface area contributed by atoms with Crippen molar-refractivity contribution in [3.8, 4) is 0 Å². The van der Waals surface area contributed by atoms with Crippen LogP contribution >= 0.6 is 12.4 Å². The number of hydrogen-bond donors (Lipinski definition) is 2. The van der Waals surface area contributed by atoms with Gasteiger partial charge in [-0.1, -0.05) is 12.1 Å². The number of esters is 1. The minimum Gasteiger partial charge on any atom is -0.465 e. The molecule has 0 aliphatic carbocycles. The summed E-state index contributed by atoms with van der Waals surface area (Å²) in [5.74, 6) is -0.321. The van der Waals surface area contributed by atoms with Crippen LogP contribution in [0.4, 0.5) is 0 Å². The summed E-state index contributed by atoms with van der Waals surface area (Å²) in [5.41, 5.74) is 6.92. The lowest BCUT2D eigenvalue weighted by atomic mass is 10.1. The molecule has 0 fully saturated rings. The van der Waals surface area contributed by atoms with Crippen LogP contribution in [0.25, 0.3) is 0 Å². The van der Waals surface area contributed by atoms with E-state index < -0.39 is 0 Å². The van der Waals surface area contributed by atoms with Gasteiger partial charge in [-0.3, -0.25) is 4.79 Å². The van der Waals surface area contributed by atoms with Gasteiger partial charge in [0.1, 0.15) is 0 Å². The summed E-state index contributed by atoms with van der Waals surface area (Å²) >= 11 is 0. The van der Waals surface area contributed by atoms with Gasteiger partial charge in [-0.25, -0.2) is 4.79 Å². The van der Waals surface area contributed by atoms with Crippen LogP contribution in [0, 0.1) is 0 Å². The Balaban J connectivity index is 0.00000361. The molecular weight excluding hydrogens is 280 g/mol. The third kappa shape index (κ3) is 6.54. The molecule has 0 aromatic heterocycles. The van der Waals surface area contributed by atoms with Crippen molar-refractivity contribution in [2.24, 2.45) is 5.73 Å². The number of halogens is 1. The Morgan fingerprint density at radius 1 is 1.25 bits per heavy atom. The zero-order valence-electron chi connectivity index (χ0n) is 11.6. The quantitative estimate of drug-likeness (QED) is 0.744. The highest BCUT2D eigenvalue weighted by Crippen LogP contribution is 2.06. The zero-order valence-corrected chi connectivity index (χ0v) is 12.4. The Bertz CT molecular complexity index is 421. The maximum absolute atomic E-state index is 11.3. The van der Waals surface area contributed by atoms with Gasteiger partial charge >= 0.3 is 5.97 Å². The smallest absolute Gasteiger partial charge is 0.337 e. The van der Waals surface area contributed by atoms with Crippen molar-refractivity contribution in [3.05, 3.63) is 35.4 Å². The number of nitrogens with two attached hydrogens (primary N) is 1. The van der Waals surface area contributed by atoms with Crippen LogP contribution in [-0.4, -0.2) is 32.1 Å². The highest BCUT2D eigenvalue weighted by molar-refractivity contribution is 5.89. The second-order valence-electron chi connectivity index (χ2n) is 4.18. The van der Waals surface area contributed by atoms with Crippen molar-refractivity contribution in [3.63, 3.8) is 0 Å². The Kier molecular flexibility index (Phi) is 9.41. The lowest BCUT2D eigenvalue weighted by Crippen LogP contribution is -2.26. The summed E-state index contributed by atoms with van der Waals surface area (Å²) in [6.07, 6.45) is 1.91. The van der Waals surface area contributed by atoms with Crippen molar-refractivity contribution >= 4 is 24.3 Å². The molecule has 1 amide bonds. The van der Waals surface area contributed by atoms with Gasteiger partial charge in [0.2, 0.25) is 5.91 Å². The summed E-state index contributed by atoms with van der Waals surface area (Å²) < 4.78 is 4.62. The standard InChI is InChI=1S/C14H20N2O3.ClH/c1-19-14(18)12-6-4-11(5-7-12)8-10-16-13(17)3-2-9-15;/h4-7H,2-3,8-10,15H2,1H3,(H,16,17);1H. The first-order valence-corrected chi connectivity index (χ1v) is 6.31. The molecule has 0 radical (unpaired) electrons. The largest absolute Gasteiger partial charge is 0.465 e. The van der Waals surface area contributed by atoms with E-state index in [0.29, 0.717) is 31.5 Å². The SMILES string of the molecule is COC(=O)c1ccc(CCNC(=O)CCCN)cc1.Cl. The fraction of sp³-hybridized carbons (Fsp3) is 0.429. The first-order valence-electron chi connectivity index (χ1n) is 6.31. The molecule has 1 rings (SSSR count). The normalized spacial score (nSPS) is 9.50. The first-order chi connectivity index (χ1) is 9.17. The summed E-state index contributed by atoms with van der Waals surface area (Å²) in [7, 11) is 1.35. The molecule has 0 aliphatic rings. The van der Waals surface area contributed by atoms with Crippen molar-refractivity contribution in [2.75, 3.05) is 20.2 Å². The van der Waals surface area contributed by atoms with Crippen molar-refractivity contribution in [1.82, 2.24) is 5.32 Å². The van der Waals surface area contributed by atoms with Crippen LogP contribution in [0.15, 0.2) is 24.3 Å². The number of benzene rings is 1. The van der Waals surface area contributed by atoms with Gasteiger partial charge < -0.3 is 15.8 Å². The predicted molar refractivity (Wildman–Crippen MR) is 80.0 cm³/mol. The number of carbonyl (C=O) groups excluding carboxylic acids is 2. The van der Waals surface area contributed by atoms with E-state index in [2.05, 4.69) is 10.1 Å². The van der Waals surface area contributed by atoms with Crippen LogP contribution in [0.1, 0.15) is 28.8 Å². The third-order valence-corrected chi connectivity index (χ3v) is 2.72. The molecule has 20 heavy (non-hydrogen) atoms. The molecule has 0 bridgehead atoms. The van der Waals surface area contributed by atoms with Gasteiger partial charge in [0.25, 0.3) is 0 Å². The maximum Gasteiger partial charge on any atom is 0.337 e. The Labute approximate surface area is 125 Å². The maximum atomic E-state index is 11.3. The van der Waals surface area contributed by atoms with Gasteiger partial charge in [0.15, 0.2) is 0 Å². The van der Waals surface area contributed by atoms with Crippen LogP contribution < -0.4 is 11.1 Å². The lowest BCUT2D eigenvalue weighted by molar-refractivity contribution is -0.121. The van der Waals surface area contributed by atoms with Gasteiger partial charge in [-0.05, 0) is 37.1 Å². The average Bonchev–Trinajstić information content (AvgIpc) is 2.45. The molecular formula is C14H21ClN2O3. The van der Waals surface area contributed by atoms with Crippen LogP contribution in [0.3, 0.4) is 0 Å². The topological polar surface area (TPSA) is 81.4 Å². The van der Waals surface area contributed by atoms with Crippen LogP contribution in [0.5, 0.6) is 0 Å². The number of amides is 1. The molecule has 0 aliphatic heterocycles. The number of carbonyl (C=O) groups is 2. The summed E-state index contributed by atoms with van der Waals surface area (Å²) in [6.45, 7) is 1.11. The van der Waals surface area contributed by atoms with Crippen molar-refractivity contribution in [2.45, 2.75) is 19.3 Å². The van der Waals surface area contributed by atoms with Gasteiger partial charge in [-0.2, -0.15) is 0 Å². The molecule has 0 saturated carbocycles. The molecule has 1 aromatic carbocycles. The van der Waals surface area contributed by atoms with Crippen molar-refractivity contribution < 1.29 is 14.3 Å². The Morgan fingerprint density at radius 3 is 2.45 bits per heavy atom. The number of rotatable bonds is 7. The molecule has 5 nitrogen and oxygen atoms in total. The highest BCUT2D eigenvalue weighted by atomic mass is 35.5. The lowest BCUT2D eigenvalue weighted by Gasteiger charge is -2.05. The minimum atomic E-state index is -0.346. The van der Waals surface area contributed by atoms with E-state index in [-0.39, 0.29) is 24.3 Å². The fourth-order valence-electron chi connectivity index (χ4n) is 1.62. The second kappa shape index (κ2) is 10.2. The third-order valence-electron chi connectivity index (χ3n) is 2.72. The van der Waals surface area contributed by atoms with E-state index in [4.69, 9.17) is 5.73 Å². The molecule has 1 aromatic rings. The van der Waals surface area contributed by atoms with Crippen LogP contribution in [-0.2, 0) is 16.0 Å². The zero-order chi connectivity index (χ0) is 14.1. The fourth-order valence-corrected chi connectivity index (χ4v) is 1.62. The molecule has 3 N–H and O–H groups in total. The first kappa shape index (κ1) is 18.4. The van der Waals surface area contributed by atoms with Gasteiger partial charge in [-0.15, -0.1) is 12.4 Å². The number of methoxy groups -OCH3 is 1. The number of hydrogen-bond acceptors (Lipinski definition) is 4. The predicted octanol–water partition coefficient (Wildman–Crippen LogP) is 1.29. The van der Waals surface area contributed by atoms with E-state index in [9.17, 15) is 9.59 Å². The number of nitrogens with one attached hydrogen (secondary N) is 1. The highest BCUT2D eigenvalue weighted by Gasteiger charge is 2.04. The molecule has 0 unspecified atom stereocenters. The second-order valence-corrected chi connectivity index (χ2v) is 4.18. The van der Waals surface area contributed by atoms with E-state index in [0.717, 1.165) is 12.0 Å². The monoisotopic (exact) mass is 300 g/mol. The molecule has 0 heterocycles. The molecule has 0 spiro atoms. The van der Waals surface area contributed by atoms with Gasteiger partial charge in [0, 0.05) is 13.0 Å². The molecule has 0 saturated heterocycles. The summed E-state index contributed by atoms with van der Waals surface area (Å²) in [4.78, 5) is 22.6. The van der Waals surface area contributed by atoms with Crippen LogP contribution in [0.2, 0.25) is 0 Å². The van der Waals surface area contributed by atoms with E-state index in [1.54, 1.807) is 12.1 Å². The molecule has 0 atom stereocenters. The minimum absolute atomic E-state index is 0. The number of ether oxygens (including phenoxy) is 1. The van der Waals surface area contributed by atoms with Crippen molar-refractivity contribution in [1.29, 1.82) is 0 Å². The van der Waals surface area contributed by atoms with Gasteiger partial charge in [0.05, 0.1) is 12.7 Å². The molecule has 6 heteroatoms. The Hall–Kier alpha value is -1.59. The van der Waals surface area contributed by atoms with E-state index in [1.165, 1.54) is 7.11 Å². The Morgan fingerprint density at radius 2 is 1.90 bits per heavy atom. The summed E-state index contributed by atoms with van der Waals surface area (Å²) in [5, 5.41) is 2.83.